The van der Waals surface area contributed by atoms with Crippen LogP contribution in [-0.2, 0) is 0 Å². The summed E-state index contributed by atoms with van der Waals surface area (Å²) in [6.07, 6.45) is 0. The van der Waals surface area contributed by atoms with Gasteiger partial charge in [0.25, 0.3) is 5.91 Å². The van der Waals surface area contributed by atoms with Gasteiger partial charge in [-0.2, -0.15) is 0 Å². The fourth-order valence-corrected chi connectivity index (χ4v) is 2.46. The molecule has 3 N–H and O–H groups in total. The predicted octanol–water partition coefficient (Wildman–Crippen LogP) is 4.33. The summed E-state index contributed by atoms with van der Waals surface area (Å²) in [5.41, 5.74) is 7.23. The molecule has 0 atom stereocenters. The van der Waals surface area contributed by atoms with Crippen molar-refractivity contribution in [1.82, 2.24) is 0 Å². The zero-order chi connectivity index (χ0) is 14.8. The van der Waals surface area contributed by atoms with Crippen LogP contribution >= 0.6 is 11.6 Å². The second-order valence-corrected chi connectivity index (χ2v) is 5.07. The Kier molecular flexibility index (Phi) is 3.50. The van der Waals surface area contributed by atoms with E-state index in [9.17, 15) is 4.79 Å². The van der Waals surface area contributed by atoms with Crippen molar-refractivity contribution in [2.75, 3.05) is 11.1 Å². The van der Waals surface area contributed by atoms with Crippen molar-refractivity contribution in [3.8, 4) is 0 Å². The van der Waals surface area contributed by atoms with Crippen LogP contribution in [0.4, 0.5) is 11.4 Å². The largest absolute Gasteiger partial charge is 0.398 e. The minimum atomic E-state index is -0.274. The lowest BCUT2D eigenvalue weighted by atomic mass is 10.1. The summed E-state index contributed by atoms with van der Waals surface area (Å²) in [6, 6.07) is 18.6. The van der Waals surface area contributed by atoms with Gasteiger partial charge in [-0.25, -0.2) is 0 Å². The second kappa shape index (κ2) is 5.46. The second-order valence-electron chi connectivity index (χ2n) is 4.69. The van der Waals surface area contributed by atoms with Gasteiger partial charge in [0, 0.05) is 11.1 Å². The van der Waals surface area contributed by atoms with Gasteiger partial charge < -0.3 is 11.1 Å². The molecule has 3 nitrogen and oxygen atoms in total. The van der Waals surface area contributed by atoms with E-state index in [0.717, 1.165) is 16.5 Å². The Morgan fingerprint density at radius 3 is 2.52 bits per heavy atom. The van der Waals surface area contributed by atoms with E-state index in [4.69, 9.17) is 17.3 Å². The SMILES string of the molecule is Nc1cccc(C(=O)Nc2cccc3ccccc23)c1Cl. The van der Waals surface area contributed by atoms with Gasteiger partial charge in [0.15, 0.2) is 0 Å². The number of rotatable bonds is 2. The van der Waals surface area contributed by atoms with E-state index in [-0.39, 0.29) is 10.9 Å². The number of nitrogens with two attached hydrogens (primary N) is 1. The molecular weight excluding hydrogens is 284 g/mol. The third-order valence-electron chi connectivity index (χ3n) is 3.31. The highest BCUT2D eigenvalue weighted by Gasteiger charge is 2.13. The summed E-state index contributed by atoms with van der Waals surface area (Å²) >= 11 is 6.09. The summed E-state index contributed by atoms with van der Waals surface area (Å²) in [7, 11) is 0. The zero-order valence-electron chi connectivity index (χ0n) is 11.1. The molecule has 0 saturated heterocycles. The van der Waals surface area contributed by atoms with Gasteiger partial charge in [-0.3, -0.25) is 4.79 Å². The van der Waals surface area contributed by atoms with E-state index in [1.165, 1.54) is 0 Å². The normalized spacial score (nSPS) is 10.5. The topological polar surface area (TPSA) is 55.1 Å². The van der Waals surface area contributed by atoms with Crippen molar-refractivity contribution in [2.45, 2.75) is 0 Å². The standard InChI is InChI=1S/C17H13ClN2O/c18-16-13(8-4-9-14(16)19)17(21)20-15-10-3-6-11-5-1-2-7-12(11)15/h1-10H,19H2,(H,20,21). The number of fused-ring (bicyclic) bond motifs is 1. The molecule has 0 aliphatic carbocycles. The highest BCUT2D eigenvalue weighted by molar-refractivity contribution is 6.36. The molecule has 3 aromatic rings. The highest BCUT2D eigenvalue weighted by Crippen LogP contribution is 2.26. The van der Waals surface area contributed by atoms with Gasteiger partial charge in [-0.15, -0.1) is 0 Å². The molecule has 0 spiro atoms. The van der Waals surface area contributed by atoms with Crippen LogP contribution in [-0.4, -0.2) is 5.91 Å². The van der Waals surface area contributed by atoms with Crippen LogP contribution in [0.1, 0.15) is 10.4 Å². The molecule has 0 heterocycles. The van der Waals surface area contributed by atoms with E-state index in [1.54, 1.807) is 18.2 Å². The molecule has 0 saturated carbocycles. The van der Waals surface area contributed by atoms with Crippen LogP contribution in [0, 0.1) is 0 Å². The summed E-state index contributed by atoms with van der Waals surface area (Å²) < 4.78 is 0. The van der Waals surface area contributed by atoms with Crippen LogP contribution in [0.2, 0.25) is 5.02 Å². The number of benzene rings is 3. The van der Waals surface area contributed by atoms with Crippen molar-refractivity contribution in [3.05, 3.63) is 71.2 Å². The first kappa shape index (κ1) is 13.5. The van der Waals surface area contributed by atoms with E-state index >= 15 is 0 Å². The lowest BCUT2D eigenvalue weighted by molar-refractivity contribution is 0.102. The molecule has 0 unspecified atom stereocenters. The fraction of sp³-hybridized carbons (Fsp3) is 0. The number of anilines is 2. The molecule has 0 radical (unpaired) electrons. The Morgan fingerprint density at radius 1 is 0.952 bits per heavy atom. The Labute approximate surface area is 127 Å². The first-order valence-corrected chi connectivity index (χ1v) is 6.88. The smallest absolute Gasteiger partial charge is 0.257 e. The zero-order valence-corrected chi connectivity index (χ0v) is 11.9. The lowest BCUT2D eigenvalue weighted by Crippen LogP contribution is -2.13. The van der Waals surface area contributed by atoms with Gasteiger partial charge >= 0.3 is 0 Å². The summed E-state index contributed by atoms with van der Waals surface area (Å²) in [5.74, 6) is -0.274. The number of hydrogen-bond donors (Lipinski definition) is 2. The maximum atomic E-state index is 12.4. The third-order valence-corrected chi connectivity index (χ3v) is 3.73. The van der Waals surface area contributed by atoms with Gasteiger partial charge in [-0.05, 0) is 23.6 Å². The van der Waals surface area contributed by atoms with Crippen molar-refractivity contribution < 1.29 is 4.79 Å². The van der Waals surface area contributed by atoms with Crippen molar-refractivity contribution in [2.24, 2.45) is 0 Å². The molecule has 1 amide bonds. The van der Waals surface area contributed by atoms with Crippen LogP contribution in [0.25, 0.3) is 10.8 Å². The molecule has 0 bridgehead atoms. The third kappa shape index (κ3) is 2.56. The van der Waals surface area contributed by atoms with E-state index in [2.05, 4.69) is 5.32 Å². The summed E-state index contributed by atoms with van der Waals surface area (Å²) in [6.45, 7) is 0. The van der Waals surface area contributed by atoms with Gasteiger partial charge in [0.1, 0.15) is 0 Å². The first-order chi connectivity index (χ1) is 10.2. The monoisotopic (exact) mass is 296 g/mol. The van der Waals surface area contributed by atoms with Crippen LogP contribution in [0.15, 0.2) is 60.7 Å². The maximum Gasteiger partial charge on any atom is 0.257 e. The van der Waals surface area contributed by atoms with Crippen molar-refractivity contribution in [1.29, 1.82) is 0 Å². The Balaban J connectivity index is 1.99. The molecule has 0 fully saturated rings. The Bertz CT molecular complexity index is 825. The molecule has 0 aromatic heterocycles. The van der Waals surface area contributed by atoms with Gasteiger partial charge in [0.2, 0.25) is 0 Å². The van der Waals surface area contributed by atoms with Gasteiger partial charge in [-0.1, -0.05) is 54.1 Å². The number of nitrogen functional groups attached to an aromatic ring is 1. The fourth-order valence-electron chi connectivity index (χ4n) is 2.25. The molecular formula is C17H13ClN2O. The number of amides is 1. The molecule has 4 heteroatoms. The van der Waals surface area contributed by atoms with E-state index in [0.29, 0.717) is 11.3 Å². The number of carbonyl (C=O) groups is 1. The minimum absolute atomic E-state index is 0.273. The van der Waals surface area contributed by atoms with Crippen LogP contribution < -0.4 is 11.1 Å². The lowest BCUT2D eigenvalue weighted by Gasteiger charge is -2.10. The minimum Gasteiger partial charge on any atom is -0.398 e. The Morgan fingerprint density at radius 2 is 1.67 bits per heavy atom. The average Bonchev–Trinajstić information content (AvgIpc) is 2.50. The first-order valence-electron chi connectivity index (χ1n) is 6.50. The number of hydrogen-bond acceptors (Lipinski definition) is 2. The van der Waals surface area contributed by atoms with Gasteiger partial charge in [0.05, 0.1) is 16.3 Å². The van der Waals surface area contributed by atoms with E-state index in [1.807, 2.05) is 42.5 Å². The van der Waals surface area contributed by atoms with Crippen molar-refractivity contribution in [3.63, 3.8) is 0 Å². The average molecular weight is 297 g/mol. The number of nitrogens with one attached hydrogen (secondary N) is 1. The summed E-state index contributed by atoms with van der Waals surface area (Å²) in [4.78, 5) is 12.4. The highest BCUT2D eigenvalue weighted by atomic mass is 35.5. The molecule has 0 aliphatic rings. The quantitative estimate of drug-likeness (QED) is 0.692. The molecule has 3 aromatic carbocycles. The molecule has 0 aliphatic heterocycles. The van der Waals surface area contributed by atoms with Crippen LogP contribution in [0.5, 0.6) is 0 Å². The number of carbonyl (C=O) groups excluding carboxylic acids is 1. The van der Waals surface area contributed by atoms with Crippen LogP contribution in [0.3, 0.4) is 0 Å². The van der Waals surface area contributed by atoms with E-state index < -0.39 is 0 Å². The molecule has 3 rings (SSSR count). The Hall–Kier alpha value is -2.52. The maximum absolute atomic E-state index is 12.4. The van der Waals surface area contributed by atoms with Crippen molar-refractivity contribution >= 4 is 39.7 Å². The number of halogens is 1. The predicted molar refractivity (Wildman–Crippen MR) is 87.8 cm³/mol. The molecule has 21 heavy (non-hydrogen) atoms. The molecule has 104 valence electrons. The summed E-state index contributed by atoms with van der Waals surface area (Å²) in [5, 5.41) is 5.21.